The number of hydrogen-bond donors (Lipinski definition) is 1. The fourth-order valence-electron chi connectivity index (χ4n) is 2.67. The maximum absolute atomic E-state index is 12.4. The molecule has 0 saturated carbocycles. The standard InChI is InChI=1S/C18H18N4O2S2/c23-17(15-12-25-16(19-15)10-22-6-8-24-9-7-22)21-18-20-14(11-26-18)13-4-2-1-3-5-13/h1-5,11-12H,6-10H2,(H,20,21,23). The monoisotopic (exact) mass is 386 g/mol. The van der Waals surface area contributed by atoms with E-state index in [1.54, 1.807) is 5.38 Å². The Balaban J connectivity index is 1.38. The lowest BCUT2D eigenvalue weighted by Gasteiger charge is -2.25. The molecule has 1 N–H and O–H groups in total. The van der Waals surface area contributed by atoms with Gasteiger partial charge in [0.15, 0.2) is 5.13 Å². The lowest BCUT2D eigenvalue weighted by Crippen LogP contribution is -2.35. The second kappa shape index (κ2) is 8.05. The number of ether oxygens (including phenoxy) is 1. The van der Waals surface area contributed by atoms with Crippen LogP contribution in [-0.2, 0) is 11.3 Å². The number of thiazole rings is 2. The zero-order valence-corrected chi connectivity index (χ0v) is 15.7. The molecule has 1 fully saturated rings. The molecule has 0 atom stereocenters. The Kier molecular flexibility index (Phi) is 5.35. The summed E-state index contributed by atoms with van der Waals surface area (Å²) in [6.07, 6.45) is 0. The first-order valence-electron chi connectivity index (χ1n) is 8.35. The molecule has 4 rings (SSSR count). The number of benzene rings is 1. The largest absolute Gasteiger partial charge is 0.379 e. The molecule has 6 nitrogen and oxygen atoms in total. The zero-order chi connectivity index (χ0) is 17.8. The van der Waals surface area contributed by atoms with E-state index in [2.05, 4.69) is 20.2 Å². The van der Waals surface area contributed by atoms with Gasteiger partial charge in [0, 0.05) is 29.4 Å². The summed E-state index contributed by atoms with van der Waals surface area (Å²) >= 11 is 2.93. The summed E-state index contributed by atoms with van der Waals surface area (Å²) in [5.41, 5.74) is 2.33. The van der Waals surface area contributed by atoms with Gasteiger partial charge < -0.3 is 4.74 Å². The van der Waals surface area contributed by atoms with Crippen molar-refractivity contribution in [3.63, 3.8) is 0 Å². The zero-order valence-electron chi connectivity index (χ0n) is 14.1. The highest BCUT2D eigenvalue weighted by molar-refractivity contribution is 7.14. The van der Waals surface area contributed by atoms with Crippen LogP contribution in [0.4, 0.5) is 5.13 Å². The normalized spacial score (nSPS) is 15.1. The summed E-state index contributed by atoms with van der Waals surface area (Å²) in [4.78, 5) is 23.7. The van der Waals surface area contributed by atoms with Crippen molar-refractivity contribution in [2.45, 2.75) is 6.54 Å². The number of anilines is 1. The number of nitrogens with one attached hydrogen (secondary N) is 1. The molecule has 8 heteroatoms. The molecule has 0 radical (unpaired) electrons. The number of hydrogen-bond acceptors (Lipinski definition) is 7. The van der Waals surface area contributed by atoms with Gasteiger partial charge in [-0.2, -0.15) is 0 Å². The molecule has 26 heavy (non-hydrogen) atoms. The Labute approximate surface area is 159 Å². The van der Waals surface area contributed by atoms with Crippen molar-refractivity contribution in [3.05, 3.63) is 51.8 Å². The van der Waals surface area contributed by atoms with E-state index in [0.717, 1.165) is 49.1 Å². The van der Waals surface area contributed by atoms with Crippen LogP contribution in [0.5, 0.6) is 0 Å². The molecule has 0 unspecified atom stereocenters. The molecule has 0 bridgehead atoms. The van der Waals surface area contributed by atoms with E-state index in [1.165, 1.54) is 22.7 Å². The van der Waals surface area contributed by atoms with Crippen molar-refractivity contribution < 1.29 is 9.53 Å². The first-order valence-corrected chi connectivity index (χ1v) is 10.1. The number of nitrogens with zero attached hydrogens (tertiary/aromatic N) is 3. The first-order chi connectivity index (χ1) is 12.8. The molecule has 1 saturated heterocycles. The molecule has 3 heterocycles. The fourth-order valence-corrected chi connectivity index (χ4v) is 4.20. The van der Waals surface area contributed by atoms with Crippen LogP contribution in [0.25, 0.3) is 11.3 Å². The van der Waals surface area contributed by atoms with E-state index in [0.29, 0.717) is 10.8 Å². The van der Waals surface area contributed by atoms with E-state index in [-0.39, 0.29) is 5.91 Å². The van der Waals surface area contributed by atoms with Gasteiger partial charge in [0.25, 0.3) is 5.91 Å². The smallest absolute Gasteiger partial charge is 0.276 e. The highest BCUT2D eigenvalue weighted by Crippen LogP contribution is 2.25. The predicted molar refractivity (Wildman–Crippen MR) is 104 cm³/mol. The van der Waals surface area contributed by atoms with Gasteiger partial charge in [0.1, 0.15) is 10.7 Å². The summed E-state index contributed by atoms with van der Waals surface area (Å²) in [6, 6.07) is 9.91. The third-order valence-electron chi connectivity index (χ3n) is 4.04. The van der Waals surface area contributed by atoms with Gasteiger partial charge in [0.2, 0.25) is 0 Å². The van der Waals surface area contributed by atoms with Crippen LogP contribution in [0.2, 0.25) is 0 Å². The van der Waals surface area contributed by atoms with Crippen LogP contribution in [0, 0.1) is 0 Å². The highest BCUT2D eigenvalue weighted by atomic mass is 32.1. The lowest BCUT2D eigenvalue weighted by molar-refractivity contribution is 0.0341. The van der Waals surface area contributed by atoms with Crippen molar-refractivity contribution in [2.24, 2.45) is 0 Å². The number of morpholine rings is 1. The summed E-state index contributed by atoms with van der Waals surface area (Å²) in [6.45, 7) is 4.08. The molecule has 1 aromatic carbocycles. The number of amides is 1. The fraction of sp³-hybridized carbons (Fsp3) is 0.278. The summed E-state index contributed by atoms with van der Waals surface area (Å²) < 4.78 is 5.35. The van der Waals surface area contributed by atoms with E-state index in [4.69, 9.17) is 4.74 Å². The minimum Gasteiger partial charge on any atom is -0.379 e. The minimum atomic E-state index is -0.219. The lowest BCUT2D eigenvalue weighted by atomic mass is 10.2. The van der Waals surface area contributed by atoms with Crippen LogP contribution >= 0.6 is 22.7 Å². The molecule has 1 amide bonds. The number of aromatic nitrogens is 2. The van der Waals surface area contributed by atoms with Crippen LogP contribution < -0.4 is 5.32 Å². The van der Waals surface area contributed by atoms with Crippen LogP contribution in [-0.4, -0.2) is 47.1 Å². The first kappa shape index (κ1) is 17.3. The van der Waals surface area contributed by atoms with Crippen LogP contribution in [0.15, 0.2) is 41.1 Å². The Morgan fingerprint density at radius 2 is 1.92 bits per heavy atom. The summed E-state index contributed by atoms with van der Waals surface area (Å²) in [7, 11) is 0. The van der Waals surface area contributed by atoms with E-state index >= 15 is 0 Å². The third kappa shape index (κ3) is 4.16. The predicted octanol–water partition coefficient (Wildman–Crippen LogP) is 3.35. The second-order valence-corrected chi connectivity index (χ2v) is 7.67. The van der Waals surface area contributed by atoms with Crippen LogP contribution in [0.3, 0.4) is 0 Å². The molecular weight excluding hydrogens is 368 g/mol. The van der Waals surface area contributed by atoms with Gasteiger partial charge in [-0.3, -0.25) is 15.0 Å². The van der Waals surface area contributed by atoms with E-state index in [9.17, 15) is 4.79 Å². The van der Waals surface area contributed by atoms with Crippen molar-refractivity contribution in [2.75, 3.05) is 31.6 Å². The number of carbonyl (C=O) groups is 1. The number of carbonyl (C=O) groups excluding carboxylic acids is 1. The molecule has 0 aliphatic carbocycles. The van der Waals surface area contributed by atoms with Gasteiger partial charge in [-0.1, -0.05) is 30.3 Å². The Morgan fingerprint density at radius 1 is 1.12 bits per heavy atom. The molecule has 1 aliphatic heterocycles. The highest BCUT2D eigenvalue weighted by Gasteiger charge is 2.16. The van der Waals surface area contributed by atoms with Gasteiger partial charge in [-0.05, 0) is 0 Å². The molecule has 2 aromatic heterocycles. The quantitative estimate of drug-likeness (QED) is 0.728. The van der Waals surface area contributed by atoms with Crippen molar-refractivity contribution in [1.29, 1.82) is 0 Å². The second-order valence-electron chi connectivity index (χ2n) is 5.87. The third-order valence-corrected chi connectivity index (χ3v) is 5.63. The summed E-state index contributed by atoms with van der Waals surface area (Å²) in [5, 5.41) is 8.11. The minimum absolute atomic E-state index is 0.219. The van der Waals surface area contributed by atoms with Crippen molar-refractivity contribution >= 4 is 33.7 Å². The SMILES string of the molecule is O=C(Nc1nc(-c2ccccc2)cs1)c1csc(CN2CCOCC2)n1. The maximum Gasteiger partial charge on any atom is 0.276 e. The Morgan fingerprint density at radius 3 is 2.73 bits per heavy atom. The topological polar surface area (TPSA) is 67.4 Å². The maximum atomic E-state index is 12.4. The van der Waals surface area contributed by atoms with Crippen molar-refractivity contribution in [3.8, 4) is 11.3 Å². The van der Waals surface area contributed by atoms with E-state index < -0.39 is 0 Å². The average Bonchev–Trinajstić information content (AvgIpc) is 3.33. The van der Waals surface area contributed by atoms with Crippen LogP contribution in [0.1, 0.15) is 15.5 Å². The van der Waals surface area contributed by atoms with E-state index in [1.807, 2.05) is 35.7 Å². The molecule has 0 spiro atoms. The Hall–Kier alpha value is -2.13. The molecular formula is C18H18N4O2S2. The van der Waals surface area contributed by atoms with Gasteiger partial charge >= 0.3 is 0 Å². The number of rotatable bonds is 5. The van der Waals surface area contributed by atoms with Gasteiger partial charge in [-0.25, -0.2) is 9.97 Å². The van der Waals surface area contributed by atoms with Crippen molar-refractivity contribution in [1.82, 2.24) is 14.9 Å². The average molecular weight is 387 g/mol. The van der Waals surface area contributed by atoms with Gasteiger partial charge in [-0.15, -0.1) is 22.7 Å². The summed E-state index contributed by atoms with van der Waals surface area (Å²) in [5.74, 6) is -0.219. The van der Waals surface area contributed by atoms with Gasteiger partial charge in [0.05, 0.1) is 25.5 Å². The molecule has 1 aliphatic rings. The molecule has 134 valence electrons. The Bertz CT molecular complexity index is 872. The molecule has 3 aromatic rings.